The predicted octanol–water partition coefficient (Wildman–Crippen LogP) is 4.71. The van der Waals surface area contributed by atoms with E-state index in [1.165, 1.54) is 16.0 Å². The molecule has 1 aliphatic heterocycles. The van der Waals surface area contributed by atoms with E-state index in [9.17, 15) is 0 Å². The van der Waals surface area contributed by atoms with Gasteiger partial charge >= 0.3 is 0 Å². The first kappa shape index (κ1) is 10.2. The summed E-state index contributed by atoms with van der Waals surface area (Å²) in [6.07, 6.45) is 0. The largest absolute Gasteiger partial charge is 0.110 e. The van der Waals surface area contributed by atoms with E-state index in [0.29, 0.717) is 0 Å². The van der Waals surface area contributed by atoms with Gasteiger partial charge in [-0.25, -0.2) is 0 Å². The molecule has 1 unspecified atom stereocenters. The quantitative estimate of drug-likeness (QED) is 0.702. The van der Waals surface area contributed by atoms with Gasteiger partial charge in [0.2, 0.25) is 0 Å². The Morgan fingerprint density at radius 1 is 1.06 bits per heavy atom. The second-order valence-corrected chi connectivity index (χ2v) is 6.04. The fourth-order valence-electron chi connectivity index (χ4n) is 2.18. The van der Waals surface area contributed by atoms with Crippen LogP contribution in [0.3, 0.4) is 0 Å². The molecule has 0 bridgehead atoms. The molecule has 0 saturated heterocycles. The molecule has 80 valence electrons. The number of benzene rings is 2. The van der Waals surface area contributed by atoms with Gasteiger partial charge in [0.25, 0.3) is 0 Å². The lowest BCUT2D eigenvalue weighted by atomic mass is 9.91. The van der Waals surface area contributed by atoms with Gasteiger partial charge in [-0.2, -0.15) is 0 Å². The van der Waals surface area contributed by atoms with Crippen molar-refractivity contribution in [1.82, 2.24) is 0 Å². The second kappa shape index (κ2) is 3.54. The Labute approximate surface area is 105 Å². The number of rotatable bonds is 1. The van der Waals surface area contributed by atoms with Gasteiger partial charge in [0.05, 0.1) is 4.75 Å². The zero-order chi connectivity index (χ0) is 11.2. The van der Waals surface area contributed by atoms with Crippen LogP contribution in [0.1, 0.15) is 18.1 Å². The van der Waals surface area contributed by atoms with E-state index in [0.717, 1.165) is 5.02 Å². The van der Waals surface area contributed by atoms with Gasteiger partial charge in [-0.1, -0.05) is 41.9 Å². The van der Waals surface area contributed by atoms with Crippen LogP contribution >= 0.6 is 23.4 Å². The lowest BCUT2D eigenvalue weighted by Gasteiger charge is -2.40. The molecule has 0 N–H and O–H groups in total. The van der Waals surface area contributed by atoms with Crippen molar-refractivity contribution in [3.8, 4) is 0 Å². The highest BCUT2D eigenvalue weighted by Crippen LogP contribution is 2.58. The Morgan fingerprint density at radius 2 is 1.88 bits per heavy atom. The van der Waals surface area contributed by atoms with Gasteiger partial charge in [-0.3, -0.25) is 0 Å². The SMILES string of the molecule is CC1(c2cccc(Cl)c2)Sc2ccccc21. The highest BCUT2D eigenvalue weighted by Gasteiger charge is 2.40. The van der Waals surface area contributed by atoms with E-state index < -0.39 is 0 Å². The Kier molecular flexibility index (Phi) is 2.27. The summed E-state index contributed by atoms with van der Waals surface area (Å²) in [6, 6.07) is 16.7. The minimum Gasteiger partial charge on any atom is -0.110 e. The molecule has 1 atom stereocenters. The van der Waals surface area contributed by atoms with Crippen molar-refractivity contribution in [3.63, 3.8) is 0 Å². The van der Waals surface area contributed by atoms with E-state index in [4.69, 9.17) is 11.6 Å². The Bertz CT molecular complexity index is 550. The summed E-state index contributed by atoms with van der Waals surface area (Å²) in [5, 5.41) is 0.809. The highest BCUT2D eigenvalue weighted by molar-refractivity contribution is 8.02. The van der Waals surface area contributed by atoms with E-state index in [-0.39, 0.29) is 4.75 Å². The number of hydrogen-bond donors (Lipinski definition) is 0. The molecule has 1 heterocycles. The predicted molar refractivity (Wildman–Crippen MR) is 70.2 cm³/mol. The van der Waals surface area contributed by atoms with Crippen molar-refractivity contribution in [2.45, 2.75) is 16.6 Å². The monoisotopic (exact) mass is 246 g/mol. The summed E-state index contributed by atoms with van der Waals surface area (Å²) in [6.45, 7) is 2.26. The Balaban J connectivity index is 2.10. The number of hydrogen-bond acceptors (Lipinski definition) is 1. The fraction of sp³-hybridized carbons (Fsp3) is 0.143. The Hall–Kier alpha value is -0.920. The van der Waals surface area contributed by atoms with E-state index in [2.05, 4.69) is 43.3 Å². The maximum atomic E-state index is 6.05. The first-order chi connectivity index (χ1) is 7.70. The summed E-state index contributed by atoms with van der Waals surface area (Å²) in [7, 11) is 0. The van der Waals surface area contributed by atoms with E-state index in [1.807, 2.05) is 23.9 Å². The normalized spacial score (nSPS) is 22.4. The standard InChI is InChI=1S/C14H11ClS/c1-14(10-5-4-6-11(15)9-10)12-7-2-3-8-13(12)16-14/h2-9H,1H3. The third kappa shape index (κ3) is 1.39. The van der Waals surface area contributed by atoms with Gasteiger partial charge in [0.15, 0.2) is 0 Å². The van der Waals surface area contributed by atoms with Crippen LogP contribution in [0, 0.1) is 0 Å². The zero-order valence-electron chi connectivity index (χ0n) is 8.91. The van der Waals surface area contributed by atoms with Crippen molar-refractivity contribution < 1.29 is 0 Å². The Morgan fingerprint density at radius 3 is 2.62 bits per heavy atom. The molecule has 16 heavy (non-hydrogen) atoms. The molecule has 3 rings (SSSR count). The topological polar surface area (TPSA) is 0 Å². The molecule has 0 saturated carbocycles. The van der Waals surface area contributed by atoms with Crippen LogP contribution < -0.4 is 0 Å². The molecule has 2 aromatic rings. The molecule has 0 aromatic heterocycles. The van der Waals surface area contributed by atoms with Crippen LogP contribution in [0.2, 0.25) is 5.02 Å². The number of fused-ring (bicyclic) bond motifs is 1. The molecule has 2 aromatic carbocycles. The lowest BCUT2D eigenvalue weighted by Crippen LogP contribution is -2.27. The maximum absolute atomic E-state index is 6.05. The van der Waals surface area contributed by atoms with Gasteiger partial charge in [0, 0.05) is 9.92 Å². The molecule has 0 aliphatic carbocycles. The maximum Gasteiger partial charge on any atom is 0.0687 e. The van der Waals surface area contributed by atoms with Gasteiger partial charge in [-0.15, -0.1) is 11.8 Å². The van der Waals surface area contributed by atoms with Crippen molar-refractivity contribution in [2.75, 3.05) is 0 Å². The van der Waals surface area contributed by atoms with Gasteiger partial charge < -0.3 is 0 Å². The zero-order valence-corrected chi connectivity index (χ0v) is 10.5. The second-order valence-electron chi connectivity index (χ2n) is 4.14. The van der Waals surface area contributed by atoms with E-state index in [1.54, 1.807) is 0 Å². The van der Waals surface area contributed by atoms with Crippen molar-refractivity contribution >= 4 is 23.4 Å². The molecule has 0 nitrogen and oxygen atoms in total. The summed E-state index contributed by atoms with van der Waals surface area (Å²) in [5.41, 5.74) is 2.69. The molecule has 0 radical (unpaired) electrons. The van der Waals surface area contributed by atoms with E-state index >= 15 is 0 Å². The van der Waals surface area contributed by atoms with Crippen LogP contribution in [-0.2, 0) is 4.75 Å². The highest BCUT2D eigenvalue weighted by atomic mass is 35.5. The van der Waals surface area contributed by atoms with Crippen molar-refractivity contribution in [2.24, 2.45) is 0 Å². The van der Waals surface area contributed by atoms with Gasteiger partial charge in [-0.05, 0) is 36.2 Å². The van der Waals surface area contributed by atoms with Crippen LogP contribution in [-0.4, -0.2) is 0 Å². The molecule has 0 spiro atoms. The molecule has 1 aliphatic rings. The van der Waals surface area contributed by atoms with Crippen molar-refractivity contribution in [1.29, 1.82) is 0 Å². The minimum absolute atomic E-state index is 0.0709. The molecule has 0 amide bonds. The third-order valence-electron chi connectivity index (χ3n) is 3.09. The fourth-order valence-corrected chi connectivity index (χ4v) is 3.72. The first-order valence-electron chi connectivity index (χ1n) is 5.25. The summed E-state index contributed by atoms with van der Waals surface area (Å²) < 4.78 is 0.0709. The average molecular weight is 247 g/mol. The molecular formula is C14H11ClS. The summed E-state index contributed by atoms with van der Waals surface area (Å²) in [4.78, 5) is 1.38. The van der Waals surface area contributed by atoms with Crippen LogP contribution in [0.4, 0.5) is 0 Å². The number of thioether (sulfide) groups is 1. The van der Waals surface area contributed by atoms with Crippen LogP contribution in [0.5, 0.6) is 0 Å². The first-order valence-corrected chi connectivity index (χ1v) is 6.44. The summed E-state index contributed by atoms with van der Waals surface area (Å²) in [5.74, 6) is 0. The summed E-state index contributed by atoms with van der Waals surface area (Å²) >= 11 is 7.95. The van der Waals surface area contributed by atoms with Gasteiger partial charge in [0.1, 0.15) is 0 Å². The smallest absolute Gasteiger partial charge is 0.0687 e. The molecule has 0 fully saturated rings. The molecule has 2 heteroatoms. The molecular weight excluding hydrogens is 236 g/mol. The lowest BCUT2D eigenvalue weighted by molar-refractivity contribution is 0.776. The average Bonchev–Trinajstić information content (AvgIpc) is 2.27. The number of halogens is 1. The third-order valence-corrected chi connectivity index (χ3v) is 4.77. The van der Waals surface area contributed by atoms with Crippen LogP contribution in [0.15, 0.2) is 53.4 Å². The van der Waals surface area contributed by atoms with Crippen LogP contribution in [0.25, 0.3) is 0 Å². The van der Waals surface area contributed by atoms with Crippen molar-refractivity contribution in [3.05, 3.63) is 64.7 Å². The minimum atomic E-state index is 0.0709.